The Morgan fingerprint density at radius 3 is 2.59 bits per heavy atom. The van der Waals surface area contributed by atoms with E-state index in [0.29, 0.717) is 17.4 Å². The summed E-state index contributed by atoms with van der Waals surface area (Å²) in [4.78, 5) is 16.5. The van der Waals surface area contributed by atoms with Crippen LogP contribution < -0.4 is 5.32 Å². The van der Waals surface area contributed by atoms with Crippen molar-refractivity contribution in [1.82, 2.24) is 5.32 Å². The SMILES string of the molecule is C=C(NC(=O)Cc1ccccc1)S/C(=N\C)C1CCCCC1. The van der Waals surface area contributed by atoms with Crippen molar-refractivity contribution in [3.05, 3.63) is 47.5 Å². The van der Waals surface area contributed by atoms with Gasteiger partial charge in [-0.2, -0.15) is 0 Å². The quantitative estimate of drug-likeness (QED) is 0.654. The second-order valence-corrected chi connectivity index (χ2v) is 6.75. The molecule has 0 unspecified atom stereocenters. The van der Waals surface area contributed by atoms with Gasteiger partial charge in [-0.25, -0.2) is 0 Å². The minimum absolute atomic E-state index is 0.0252. The van der Waals surface area contributed by atoms with Crippen molar-refractivity contribution in [1.29, 1.82) is 0 Å². The van der Waals surface area contributed by atoms with E-state index in [4.69, 9.17) is 0 Å². The number of hydrogen-bond acceptors (Lipinski definition) is 3. The zero-order chi connectivity index (χ0) is 15.8. The van der Waals surface area contributed by atoms with Gasteiger partial charge in [0.05, 0.1) is 16.5 Å². The van der Waals surface area contributed by atoms with Crippen molar-refractivity contribution in [2.24, 2.45) is 10.9 Å². The first-order valence-electron chi connectivity index (χ1n) is 7.86. The molecule has 1 aromatic rings. The highest BCUT2D eigenvalue weighted by Crippen LogP contribution is 2.30. The van der Waals surface area contributed by atoms with Crippen LogP contribution in [0.15, 0.2) is 46.9 Å². The van der Waals surface area contributed by atoms with Gasteiger partial charge < -0.3 is 5.32 Å². The molecule has 0 radical (unpaired) electrons. The molecule has 1 aliphatic rings. The number of benzene rings is 1. The summed E-state index contributed by atoms with van der Waals surface area (Å²) in [6.07, 6.45) is 6.65. The summed E-state index contributed by atoms with van der Waals surface area (Å²) in [6.45, 7) is 3.97. The fourth-order valence-electron chi connectivity index (χ4n) is 2.79. The van der Waals surface area contributed by atoms with E-state index in [2.05, 4.69) is 16.9 Å². The maximum absolute atomic E-state index is 12.0. The Labute approximate surface area is 137 Å². The Kier molecular flexibility index (Phi) is 6.72. The zero-order valence-corrected chi connectivity index (χ0v) is 14.0. The summed E-state index contributed by atoms with van der Waals surface area (Å²) in [5.74, 6) is 0.509. The van der Waals surface area contributed by atoms with E-state index in [-0.39, 0.29) is 5.91 Å². The van der Waals surface area contributed by atoms with Crippen molar-refractivity contribution in [2.45, 2.75) is 38.5 Å². The Balaban J connectivity index is 1.82. The first-order valence-corrected chi connectivity index (χ1v) is 8.68. The van der Waals surface area contributed by atoms with Crippen LogP contribution >= 0.6 is 11.8 Å². The molecule has 2 rings (SSSR count). The summed E-state index contributed by atoms with van der Waals surface area (Å²) >= 11 is 1.51. The second-order valence-electron chi connectivity index (χ2n) is 5.63. The van der Waals surface area contributed by atoms with Gasteiger partial charge in [-0.15, -0.1) is 0 Å². The van der Waals surface area contributed by atoms with Gasteiger partial charge in [-0.1, -0.05) is 67.9 Å². The lowest BCUT2D eigenvalue weighted by Gasteiger charge is -2.23. The Morgan fingerprint density at radius 1 is 1.27 bits per heavy atom. The fraction of sp³-hybridized carbons (Fsp3) is 0.444. The summed E-state index contributed by atoms with van der Waals surface area (Å²) in [6, 6.07) is 9.74. The summed E-state index contributed by atoms with van der Waals surface area (Å²) < 4.78 is 0. The smallest absolute Gasteiger partial charge is 0.229 e. The van der Waals surface area contributed by atoms with Crippen LogP contribution in [0.25, 0.3) is 0 Å². The molecule has 1 N–H and O–H groups in total. The lowest BCUT2D eigenvalue weighted by Crippen LogP contribution is -2.24. The largest absolute Gasteiger partial charge is 0.321 e. The third-order valence-electron chi connectivity index (χ3n) is 3.89. The van der Waals surface area contributed by atoms with Crippen LogP contribution in [0.5, 0.6) is 0 Å². The van der Waals surface area contributed by atoms with E-state index in [1.54, 1.807) is 0 Å². The lowest BCUT2D eigenvalue weighted by atomic mass is 9.90. The topological polar surface area (TPSA) is 41.5 Å². The maximum Gasteiger partial charge on any atom is 0.229 e. The molecule has 1 fully saturated rings. The standard InChI is InChI=1S/C18H24N2OS/c1-14(20-17(21)13-15-9-5-3-6-10-15)22-18(19-2)16-11-7-4-8-12-16/h3,5-6,9-10,16H,1,4,7-8,11-13H2,2H3,(H,20,21)/b19-18-. The van der Waals surface area contributed by atoms with Crippen molar-refractivity contribution < 1.29 is 4.79 Å². The van der Waals surface area contributed by atoms with Crippen LogP contribution in [-0.2, 0) is 11.2 Å². The summed E-state index contributed by atoms with van der Waals surface area (Å²) in [5, 5.41) is 4.66. The number of hydrogen-bond donors (Lipinski definition) is 1. The third kappa shape index (κ3) is 5.34. The minimum Gasteiger partial charge on any atom is -0.321 e. The molecule has 1 saturated carbocycles. The fourth-order valence-corrected chi connectivity index (χ4v) is 3.70. The van der Waals surface area contributed by atoms with E-state index >= 15 is 0 Å². The molecule has 0 aromatic heterocycles. The van der Waals surface area contributed by atoms with Crippen LogP contribution in [0, 0.1) is 5.92 Å². The summed E-state index contributed by atoms with van der Waals surface area (Å²) in [7, 11) is 1.83. The first kappa shape index (κ1) is 16.8. The van der Waals surface area contributed by atoms with Crippen molar-refractivity contribution in [3.8, 4) is 0 Å². The molecular formula is C18H24N2OS. The molecule has 3 nitrogen and oxygen atoms in total. The van der Waals surface area contributed by atoms with Crippen molar-refractivity contribution in [3.63, 3.8) is 0 Å². The minimum atomic E-state index is -0.0252. The number of amides is 1. The van der Waals surface area contributed by atoms with Crippen LogP contribution in [0.3, 0.4) is 0 Å². The molecule has 0 heterocycles. The van der Waals surface area contributed by atoms with Gasteiger partial charge in [0.1, 0.15) is 0 Å². The van der Waals surface area contributed by atoms with E-state index in [1.807, 2.05) is 37.4 Å². The Hall–Kier alpha value is -1.55. The molecule has 1 amide bonds. The third-order valence-corrected chi connectivity index (χ3v) is 4.96. The monoisotopic (exact) mass is 316 g/mol. The van der Waals surface area contributed by atoms with E-state index in [0.717, 1.165) is 10.6 Å². The van der Waals surface area contributed by atoms with Crippen molar-refractivity contribution >= 4 is 22.7 Å². The average molecular weight is 316 g/mol. The number of rotatable bonds is 5. The highest BCUT2D eigenvalue weighted by molar-refractivity contribution is 8.17. The predicted octanol–water partition coefficient (Wildman–Crippen LogP) is 4.16. The average Bonchev–Trinajstić information content (AvgIpc) is 2.54. The second kappa shape index (κ2) is 8.79. The van der Waals surface area contributed by atoms with Gasteiger partial charge in [0.15, 0.2) is 0 Å². The van der Waals surface area contributed by atoms with Crippen LogP contribution in [0.2, 0.25) is 0 Å². The van der Waals surface area contributed by atoms with Crippen molar-refractivity contribution in [2.75, 3.05) is 7.05 Å². The lowest BCUT2D eigenvalue weighted by molar-refractivity contribution is -0.119. The van der Waals surface area contributed by atoms with Gasteiger partial charge in [-0.3, -0.25) is 9.79 Å². The normalized spacial score (nSPS) is 16.3. The van der Waals surface area contributed by atoms with Gasteiger partial charge in [0.25, 0.3) is 0 Å². The number of nitrogens with one attached hydrogen (secondary N) is 1. The van der Waals surface area contributed by atoms with Crippen LogP contribution in [0.1, 0.15) is 37.7 Å². The van der Waals surface area contributed by atoms with E-state index < -0.39 is 0 Å². The van der Waals surface area contributed by atoms with Gasteiger partial charge in [0, 0.05) is 13.0 Å². The van der Waals surface area contributed by atoms with Crippen LogP contribution in [-0.4, -0.2) is 18.0 Å². The van der Waals surface area contributed by atoms with E-state index in [9.17, 15) is 4.79 Å². The molecule has 1 aliphatic carbocycles. The Morgan fingerprint density at radius 2 is 1.95 bits per heavy atom. The van der Waals surface area contributed by atoms with Gasteiger partial charge in [-0.05, 0) is 18.4 Å². The first-order chi connectivity index (χ1) is 10.7. The molecule has 0 atom stereocenters. The number of thioether (sulfide) groups is 1. The summed E-state index contributed by atoms with van der Waals surface area (Å²) in [5.41, 5.74) is 1.01. The molecule has 4 heteroatoms. The highest BCUT2D eigenvalue weighted by atomic mass is 32.2. The number of nitrogens with zero attached hydrogens (tertiary/aromatic N) is 1. The van der Waals surface area contributed by atoms with Gasteiger partial charge >= 0.3 is 0 Å². The molecule has 0 saturated heterocycles. The maximum atomic E-state index is 12.0. The molecule has 0 aliphatic heterocycles. The van der Waals surface area contributed by atoms with Gasteiger partial charge in [0.2, 0.25) is 5.91 Å². The molecule has 22 heavy (non-hydrogen) atoms. The highest BCUT2D eigenvalue weighted by Gasteiger charge is 2.20. The molecule has 0 bridgehead atoms. The molecule has 118 valence electrons. The van der Waals surface area contributed by atoms with Crippen LogP contribution in [0.4, 0.5) is 0 Å². The number of aliphatic imine (C=N–C) groups is 1. The molecule has 0 spiro atoms. The molecular weight excluding hydrogens is 292 g/mol. The molecule has 1 aromatic carbocycles. The zero-order valence-electron chi connectivity index (χ0n) is 13.2. The number of carbonyl (C=O) groups excluding carboxylic acids is 1. The Bertz CT molecular complexity index is 533. The predicted molar refractivity (Wildman–Crippen MR) is 95.0 cm³/mol. The van der Waals surface area contributed by atoms with E-state index in [1.165, 1.54) is 43.9 Å². The number of carbonyl (C=O) groups is 1.